The van der Waals surface area contributed by atoms with Gasteiger partial charge < -0.3 is 14.8 Å². The lowest BCUT2D eigenvalue weighted by Crippen LogP contribution is -2.23. The van der Waals surface area contributed by atoms with E-state index in [1.54, 1.807) is 31.8 Å². The number of hydrogen-bond donors (Lipinski definition) is 1. The molecular weight excluding hydrogens is 368 g/mol. The molecule has 0 saturated heterocycles. The lowest BCUT2D eigenvalue weighted by atomic mass is 10.1. The topological polar surface area (TPSA) is 78.3 Å². The van der Waals surface area contributed by atoms with Gasteiger partial charge >= 0.3 is 0 Å². The molecule has 0 fully saturated rings. The number of ether oxygens (including phenoxy) is 2. The van der Waals surface area contributed by atoms with Crippen LogP contribution in [-0.4, -0.2) is 34.8 Å². The minimum atomic E-state index is -0.135. The van der Waals surface area contributed by atoms with E-state index in [4.69, 9.17) is 9.47 Å². The van der Waals surface area contributed by atoms with Crippen molar-refractivity contribution in [2.45, 2.75) is 13.5 Å². The highest BCUT2D eigenvalue weighted by atomic mass is 16.7. The number of nitrogens with one attached hydrogen (secondary N) is 1. The monoisotopic (exact) mass is 392 g/mol. The first kappa shape index (κ1) is 20.3. The average Bonchev–Trinajstić information content (AvgIpc) is 3.11. The SMILES string of the molecule is COCOc1ccc(-c2nnn(C)c2/C=C(\C)C(=O)NCc2ccccc2)cc1. The van der Waals surface area contributed by atoms with Crippen LogP contribution in [0, 0.1) is 0 Å². The molecule has 3 rings (SSSR count). The summed E-state index contributed by atoms with van der Waals surface area (Å²) in [4.78, 5) is 12.5. The fraction of sp³-hybridized carbons (Fsp3) is 0.227. The molecule has 0 bridgehead atoms. The van der Waals surface area contributed by atoms with Crippen LogP contribution in [0.15, 0.2) is 60.2 Å². The van der Waals surface area contributed by atoms with Crippen LogP contribution in [0.5, 0.6) is 5.75 Å². The molecule has 1 N–H and O–H groups in total. The number of aromatic nitrogens is 3. The highest BCUT2D eigenvalue weighted by Crippen LogP contribution is 2.25. The Kier molecular flexibility index (Phi) is 6.76. The van der Waals surface area contributed by atoms with Gasteiger partial charge in [0.25, 0.3) is 0 Å². The first-order valence-electron chi connectivity index (χ1n) is 9.20. The Labute approximate surface area is 170 Å². The summed E-state index contributed by atoms with van der Waals surface area (Å²) in [5.41, 5.74) is 3.95. The number of aryl methyl sites for hydroxylation is 1. The third kappa shape index (κ3) is 5.30. The summed E-state index contributed by atoms with van der Waals surface area (Å²) in [6, 6.07) is 17.3. The minimum Gasteiger partial charge on any atom is -0.468 e. The van der Waals surface area contributed by atoms with Crippen LogP contribution >= 0.6 is 0 Å². The summed E-state index contributed by atoms with van der Waals surface area (Å²) < 4.78 is 12.0. The summed E-state index contributed by atoms with van der Waals surface area (Å²) in [5.74, 6) is 0.567. The molecule has 1 heterocycles. The third-order valence-corrected chi connectivity index (χ3v) is 4.35. The van der Waals surface area contributed by atoms with Gasteiger partial charge in [-0.05, 0) is 42.8 Å². The van der Waals surface area contributed by atoms with E-state index in [9.17, 15) is 4.79 Å². The van der Waals surface area contributed by atoms with Crippen LogP contribution < -0.4 is 10.1 Å². The quantitative estimate of drug-likeness (QED) is 0.471. The van der Waals surface area contributed by atoms with Gasteiger partial charge in [0.05, 0.1) is 5.69 Å². The van der Waals surface area contributed by atoms with Crippen LogP contribution in [0.25, 0.3) is 17.3 Å². The molecule has 3 aromatic rings. The standard InChI is InChI=1S/C22H24N4O3/c1-16(22(27)23-14-17-7-5-4-6-8-17)13-20-21(24-25-26(20)2)18-9-11-19(12-10-18)29-15-28-3/h4-13H,14-15H2,1-3H3,(H,23,27)/b16-13+. The summed E-state index contributed by atoms with van der Waals surface area (Å²) >= 11 is 0. The number of carbonyl (C=O) groups excluding carboxylic acids is 1. The van der Waals surface area contributed by atoms with Crippen molar-refractivity contribution in [2.75, 3.05) is 13.9 Å². The highest BCUT2D eigenvalue weighted by Gasteiger charge is 2.13. The van der Waals surface area contributed by atoms with Gasteiger partial charge in [-0.3, -0.25) is 4.79 Å². The molecule has 29 heavy (non-hydrogen) atoms. The van der Waals surface area contributed by atoms with Crippen molar-refractivity contribution >= 4 is 12.0 Å². The van der Waals surface area contributed by atoms with Crippen molar-refractivity contribution in [1.29, 1.82) is 0 Å². The number of carbonyl (C=O) groups is 1. The Morgan fingerprint density at radius 1 is 1.14 bits per heavy atom. The van der Waals surface area contributed by atoms with E-state index in [-0.39, 0.29) is 12.7 Å². The number of methoxy groups -OCH3 is 1. The Balaban J connectivity index is 1.75. The zero-order valence-corrected chi connectivity index (χ0v) is 16.8. The maximum Gasteiger partial charge on any atom is 0.247 e. The molecule has 7 heteroatoms. The van der Waals surface area contributed by atoms with E-state index < -0.39 is 0 Å². The van der Waals surface area contributed by atoms with Gasteiger partial charge in [-0.15, -0.1) is 5.10 Å². The van der Waals surface area contributed by atoms with Crippen molar-refractivity contribution in [3.63, 3.8) is 0 Å². The Bertz CT molecular complexity index is 979. The van der Waals surface area contributed by atoms with Crippen molar-refractivity contribution in [1.82, 2.24) is 20.3 Å². The van der Waals surface area contributed by atoms with Gasteiger partial charge in [-0.2, -0.15) is 0 Å². The molecule has 150 valence electrons. The lowest BCUT2D eigenvalue weighted by molar-refractivity contribution is -0.117. The smallest absolute Gasteiger partial charge is 0.247 e. The molecule has 0 aliphatic carbocycles. The largest absolute Gasteiger partial charge is 0.468 e. The van der Waals surface area contributed by atoms with Gasteiger partial charge in [0.15, 0.2) is 6.79 Å². The molecular formula is C22H24N4O3. The second-order valence-electron chi connectivity index (χ2n) is 6.52. The van der Waals surface area contributed by atoms with Gasteiger partial charge in [0.1, 0.15) is 11.4 Å². The van der Waals surface area contributed by atoms with Crippen LogP contribution in [0.4, 0.5) is 0 Å². The molecule has 2 aromatic carbocycles. The minimum absolute atomic E-state index is 0.135. The zero-order chi connectivity index (χ0) is 20.6. The molecule has 0 radical (unpaired) electrons. The first-order valence-corrected chi connectivity index (χ1v) is 9.20. The van der Waals surface area contributed by atoms with E-state index in [1.807, 2.05) is 54.6 Å². The summed E-state index contributed by atoms with van der Waals surface area (Å²) in [6.07, 6.45) is 1.80. The maximum absolute atomic E-state index is 12.5. The first-order chi connectivity index (χ1) is 14.1. The molecule has 1 amide bonds. The van der Waals surface area contributed by atoms with Gasteiger partial charge in [0, 0.05) is 31.8 Å². The van der Waals surface area contributed by atoms with Crippen molar-refractivity contribution in [3.05, 3.63) is 71.4 Å². The van der Waals surface area contributed by atoms with Crippen LogP contribution in [0.1, 0.15) is 18.2 Å². The van der Waals surface area contributed by atoms with E-state index in [0.717, 1.165) is 16.8 Å². The van der Waals surface area contributed by atoms with Crippen LogP contribution in [0.3, 0.4) is 0 Å². The van der Waals surface area contributed by atoms with Crippen molar-refractivity contribution < 1.29 is 14.3 Å². The number of benzene rings is 2. The second kappa shape index (κ2) is 9.66. The Hall–Kier alpha value is -3.45. The van der Waals surface area contributed by atoms with Gasteiger partial charge in [-0.25, -0.2) is 4.68 Å². The molecule has 0 unspecified atom stereocenters. The molecule has 7 nitrogen and oxygen atoms in total. The number of hydrogen-bond acceptors (Lipinski definition) is 5. The van der Waals surface area contributed by atoms with Gasteiger partial charge in [-0.1, -0.05) is 35.5 Å². The zero-order valence-electron chi connectivity index (χ0n) is 16.8. The average molecular weight is 392 g/mol. The number of rotatable bonds is 8. The van der Waals surface area contributed by atoms with E-state index in [0.29, 0.717) is 23.6 Å². The molecule has 0 atom stereocenters. The summed E-state index contributed by atoms with van der Waals surface area (Å²) in [6.45, 7) is 2.44. The number of nitrogens with zero attached hydrogens (tertiary/aromatic N) is 3. The normalized spacial score (nSPS) is 11.3. The molecule has 0 saturated carbocycles. The van der Waals surface area contributed by atoms with Crippen molar-refractivity contribution in [3.8, 4) is 17.0 Å². The molecule has 0 aliphatic rings. The third-order valence-electron chi connectivity index (χ3n) is 4.35. The van der Waals surface area contributed by atoms with E-state index in [2.05, 4.69) is 15.6 Å². The maximum atomic E-state index is 12.5. The molecule has 1 aromatic heterocycles. The fourth-order valence-electron chi connectivity index (χ4n) is 2.76. The Morgan fingerprint density at radius 3 is 2.55 bits per heavy atom. The Morgan fingerprint density at radius 2 is 1.86 bits per heavy atom. The van der Waals surface area contributed by atoms with Crippen molar-refractivity contribution in [2.24, 2.45) is 7.05 Å². The fourth-order valence-corrected chi connectivity index (χ4v) is 2.76. The van der Waals surface area contributed by atoms with Crippen LogP contribution in [-0.2, 0) is 23.1 Å². The number of amides is 1. The van der Waals surface area contributed by atoms with E-state index in [1.165, 1.54) is 0 Å². The molecule has 0 aliphatic heterocycles. The second-order valence-corrected chi connectivity index (χ2v) is 6.52. The summed E-state index contributed by atoms with van der Waals surface area (Å²) in [7, 11) is 3.37. The van der Waals surface area contributed by atoms with Gasteiger partial charge in [0.2, 0.25) is 5.91 Å². The lowest BCUT2D eigenvalue weighted by Gasteiger charge is -2.07. The predicted molar refractivity (Wildman–Crippen MR) is 111 cm³/mol. The van der Waals surface area contributed by atoms with Crippen LogP contribution in [0.2, 0.25) is 0 Å². The highest BCUT2D eigenvalue weighted by molar-refractivity contribution is 5.97. The molecule has 0 spiro atoms. The van der Waals surface area contributed by atoms with E-state index >= 15 is 0 Å². The summed E-state index contributed by atoms with van der Waals surface area (Å²) in [5, 5.41) is 11.3. The predicted octanol–water partition coefficient (Wildman–Crippen LogP) is 3.18.